The fourth-order valence-corrected chi connectivity index (χ4v) is 3.34. The number of hydrogen-bond donors (Lipinski definition) is 2. The van der Waals surface area contributed by atoms with E-state index in [0.717, 1.165) is 16.5 Å². The van der Waals surface area contributed by atoms with Crippen molar-refractivity contribution < 1.29 is 14.0 Å². The third-order valence-corrected chi connectivity index (χ3v) is 5.12. The first kappa shape index (κ1) is 19.2. The van der Waals surface area contributed by atoms with E-state index >= 15 is 0 Å². The summed E-state index contributed by atoms with van der Waals surface area (Å²) in [6.45, 7) is 1.78. The van der Waals surface area contributed by atoms with Crippen LogP contribution in [0.5, 0.6) is 0 Å². The van der Waals surface area contributed by atoms with Crippen LogP contribution in [0.15, 0.2) is 30.6 Å². The van der Waals surface area contributed by atoms with E-state index in [1.807, 2.05) is 6.07 Å². The van der Waals surface area contributed by atoms with Gasteiger partial charge in [0.15, 0.2) is 0 Å². The zero-order chi connectivity index (χ0) is 20.7. The molecular weight excluding hydrogens is 397 g/mol. The van der Waals surface area contributed by atoms with E-state index in [-0.39, 0.29) is 24.1 Å². The molecule has 1 aliphatic carbocycles. The summed E-state index contributed by atoms with van der Waals surface area (Å²) in [6, 6.07) is 5.33. The maximum atomic E-state index is 13.1. The molecule has 2 amide bonds. The lowest BCUT2D eigenvalue weighted by Crippen LogP contribution is -2.21. The molecule has 2 N–H and O–H groups in total. The summed E-state index contributed by atoms with van der Waals surface area (Å²) in [4.78, 5) is 36.2. The van der Waals surface area contributed by atoms with Gasteiger partial charge in [0.1, 0.15) is 12.0 Å². The van der Waals surface area contributed by atoms with Crippen LogP contribution in [0.25, 0.3) is 21.9 Å². The highest BCUT2D eigenvalue weighted by atomic mass is 35.5. The van der Waals surface area contributed by atoms with Crippen molar-refractivity contribution in [2.75, 3.05) is 12.4 Å². The number of hydrogen-bond acceptors (Lipinski definition) is 5. The molecule has 2 atom stereocenters. The SMILES string of the molecule is CNC(=O)c1ncc(-c2cc(Cl)c3cnc(NC(=O)[C@@H]4C[C@@H]4F)cc3c2)c(C)n1. The molecule has 0 bridgehead atoms. The zero-order valence-corrected chi connectivity index (χ0v) is 16.4. The molecule has 0 saturated heterocycles. The van der Waals surface area contributed by atoms with Crippen molar-refractivity contribution >= 4 is 40.0 Å². The van der Waals surface area contributed by atoms with Gasteiger partial charge >= 0.3 is 0 Å². The molecule has 29 heavy (non-hydrogen) atoms. The summed E-state index contributed by atoms with van der Waals surface area (Å²) in [5, 5.41) is 7.07. The van der Waals surface area contributed by atoms with Gasteiger partial charge in [-0.15, -0.1) is 0 Å². The number of fused-ring (bicyclic) bond motifs is 1. The molecule has 1 aliphatic rings. The summed E-state index contributed by atoms with van der Waals surface area (Å²) < 4.78 is 13.1. The van der Waals surface area contributed by atoms with Crippen molar-refractivity contribution in [2.24, 2.45) is 5.92 Å². The summed E-state index contributed by atoms with van der Waals surface area (Å²) in [5.74, 6) is -0.922. The van der Waals surface area contributed by atoms with E-state index in [1.165, 1.54) is 7.05 Å². The quantitative estimate of drug-likeness (QED) is 0.684. The van der Waals surface area contributed by atoms with E-state index in [1.54, 1.807) is 31.5 Å². The molecule has 4 rings (SSSR count). The van der Waals surface area contributed by atoms with Gasteiger partial charge in [0, 0.05) is 36.1 Å². The number of nitrogens with one attached hydrogen (secondary N) is 2. The highest BCUT2D eigenvalue weighted by molar-refractivity contribution is 6.36. The maximum Gasteiger partial charge on any atom is 0.288 e. The number of nitrogens with zero attached hydrogens (tertiary/aromatic N) is 3. The lowest BCUT2D eigenvalue weighted by Gasteiger charge is -2.10. The minimum Gasteiger partial charge on any atom is -0.352 e. The van der Waals surface area contributed by atoms with Crippen LogP contribution in [0.4, 0.5) is 10.2 Å². The Morgan fingerprint density at radius 3 is 2.62 bits per heavy atom. The highest BCUT2D eigenvalue weighted by Gasteiger charge is 2.43. The Labute approximate surface area is 170 Å². The number of aryl methyl sites for hydroxylation is 1. The fourth-order valence-electron chi connectivity index (χ4n) is 3.06. The summed E-state index contributed by atoms with van der Waals surface area (Å²) in [7, 11) is 1.51. The predicted octanol–water partition coefficient (Wildman–Crippen LogP) is 3.31. The van der Waals surface area contributed by atoms with Crippen LogP contribution in [0.3, 0.4) is 0 Å². The highest BCUT2D eigenvalue weighted by Crippen LogP contribution is 2.35. The summed E-state index contributed by atoms with van der Waals surface area (Å²) in [5.41, 5.74) is 2.11. The predicted molar refractivity (Wildman–Crippen MR) is 108 cm³/mol. The molecule has 2 heterocycles. The molecule has 0 aliphatic heterocycles. The number of rotatable bonds is 4. The Morgan fingerprint density at radius 1 is 1.21 bits per heavy atom. The Bertz CT molecular complexity index is 1150. The number of halogens is 2. The normalized spacial score (nSPS) is 17.8. The van der Waals surface area contributed by atoms with Crippen LogP contribution >= 0.6 is 11.6 Å². The van der Waals surface area contributed by atoms with Gasteiger partial charge in [-0.25, -0.2) is 19.3 Å². The second kappa shape index (κ2) is 7.36. The van der Waals surface area contributed by atoms with Crippen LogP contribution in [0, 0.1) is 12.8 Å². The number of benzene rings is 1. The number of anilines is 1. The topological polar surface area (TPSA) is 96.9 Å². The van der Waals surface area contributed by atoms with E-state index in [9.17, 15) is 14.0 Å². The molecule has 1 saturated carbocycles. The number of pyridine rings is 1. The molecule has 148 valence electrons. The molecule has 1 aromatic carbocycles. The minimum atomic E-state index is -1.07. The van der Waals surface area contributed by atoms with Crippen molar-refractivity contribution in [3.63, 3.8) is 0 Å². The van der Waals surface area contributed by atoms with Crippen LogP contribution in [-0.4, -0.2) is 40.0 Å². The second-order valence-electron chi connectivity index (χ2n) is 6.87. The monoisotopic (exact) mass is 413 g/mol. The van der Waals surface area contributed by atoms with E-state index in [0.29, 0.717) is 21.9 Å². The van der Waals surface area contributed by atoms with Crippen molar-refractivity contribution in [3.05, 3.63) is 47.1 Å². The first-order valence-corrected chi connectivity index (χ1v) is 9.35. The van der Waals surface area contributed by atoms with Gasteiger partial charge < -0.3 is 10.6 Å². The largest absolute Gasteiger partial charge is 0.352 e. The standard InChI is InChI=1S/C20H17ClFN5O2/c1-9-13(7-25-18(26-9)20(29)23-2)10-3-11-5-17(24-8-14(11)15(21)4-10)27-19(28)12-6-16(12)22/h3-5,7-8,12,16H,6H2,1-2H3,(H,23,29)(H,24,27,28)/t12-,16+/m1/s1. The smallest absolute Gasteiger partial charge is 0.288 e. The van der Waals surface area contributed by atoms with E-state index < -0.39 is 12.1 Å². The minimum absolute atomic E-state index is 0.0843. The first-order chi connectivity index (χ1) is 13.9. The Kier molecular flexibility index (Phi) is 4.87. The van der Waals surface area contributed by atoms with Gasteiger partial charge in [-0.3, -0.25) is 9.59 Å². The molecule has 3 aromatic rings. The summed E-state index contributed by atoms with van der Waals surface area (Å²) >= 11 is 6.42. The number of alkyl halides is 1. The lowest BCUT2D eigenvalue weighted by atomic mass is 10.0. The second-order valence-corrected chi connectivity index (χ2v) is 7.28. The van der Waals surface area contributed by atoms with Crippen LogP contribution in [0.1, 0.15) is 22.7 Å². The van der Waals surface area contributed by atoms with Gasteiger partial charge in [0.2, 0.25) is 11.7 Å². The average Bonchev–Trinajstić information content (AvgIpc) is 3.43. The third-order valence-electron chi connectivity index (χ3n) is 4.81. The Hall–Kier alpha value is -3.13. The van der Waals surface area contributed by atoms with Crippen molar-refractivity contribution in [1.82, 2.24) is 20.3 Å². The summed E-state index contributed by atoms with van der Waals surface area (Å²) in [6.07, 6.45) is 2.32. The first-order valence-electron chi connectivity index (χ1n) is 8.97. The van der Waals surface area contributed by atoms with Gasteiger partial charge in [0.25, 0.3) is 5.91 Å². The van der Waals surface area contributed by atoms with Crippen molar-refractivity contribution in [1.29, 1.82) is 0 Å². The number of carbonyl (C=O) groups excluding carboxylic acids is 2. The van der Waals surface area contributed by atoms with Gasteiger partial charge in [-0.2, -0.15) is 0 Å². The Morgan fingerprint density at radius 2 is 1.97 bits per heavy atom. The van der Waals surface area contributed by atoms with Crippen molar-refractivity contribution in [2.45, 2.75) is 19.5 Å². The van der Waals surface area contributed by atoms with Gasteiger partial charge in [-0.1, -0.05) is 11.6 Å². The molecule has 0 radical (unpaired) electrons. The maximum absolute atomic E-state index is 13.1. The molecule has 9 heteroatoms. The molecule has 0 unspecified atom stereocenters. The lowest BCUT2D eigenvalue weighted by molar-refractivity contribution is -0.117. The fraction of sp³-hybridized carbons (Fsp3) is 0.250. The molecule has 7 nitrogen and oxygen atoms in total. The number of carbonyl (C=O) groups is 2. The average molecular weight is 414 g/mol. The van der Waals surface area contributed by atoms with E-state index in [2.05, 4.69) is 25.6 Å². The van der Waals surface area contributed by atoms with Gasteiger partial charge in [-0.05, 0) is 42.5 Å². The molecule has 2 aromatic heterocycles. The van der Waals surface area contributed by atoms with Crippen LogP contribution < -0.4 is 10.6 Å². The van der Waals surface area contributed by atoms with Crippen LogP contribution in [-0.2, 0) is 4.79 Å². The Balaban J connectivity index is 1.70. The van der Waals surface area contributed by atoms with Crippen LogP contribution in [0.2, 0.25) is 5.02 Å². The molecular formula is C20H17ClFN5O2. The molecule has 0 spiro atoms. The van der Waals surface area contributed by atoms with Gasteiger partial charge in [0.05, 0.1) is 10.9 Å². The van der Waals surface area contributed by atoms with E-state index in [4.69, 9.17) is 11.6 Å². The number of amides is 2. The zero-order valence-electron chi connectivity index (χ0n) is 15.7. The van der Waals surface area contributed by atoms with Crippen molar-refractivity contribution in [3.8, 4) is 11.1 Å². The number of aromatic nitrogens is 3. The molecule has 1 fully saturated rings. The third kappa shape index (κ3) is 3.75.